The number of hydrogen-bond donors (Lipinski definition) is 0. The van der Waals surface area contributed by atoms with Crippen molar-refractivity contribution in [3.8, 4) is 11.5 Å². The molecule has 0 bridgehead atoms. The number of carbonyl (C=O) groups excluding carboxylic acids is 1. The van der Waals surface area contributed by atoms with Gasteiger partial charge in [0.2, 0.25) is 0 Å². The summed E-state index contributed by atoms with van der Waals surface area (Å²) >= 11 is 6.19. The van der Waals surface area contributed by atoms with Crippen molar-refractivity contribution in [3.63, 3.8) is 0 Å². The van der Waals surface area contributed by atoms with E-state index >= 15 is 0 Å². The van der Waals surface area contributed by atoms with Crippen LogP contribution < -0.4 is 9.47 Å². The molecule has 128 valence electrons. The predicted octanol–water partition coefficient (Wildman–Crippen LogP) is 4.01. The number of benzene rings is 1. The van der Waals surface area contributed by atoms with E-state index in [1.165, 1.54) is 24.1 Å². The average molecular weight is 348 g/mol. The quantitative estimate of drug-likeness (QED) is 0.826. The number of halogens is 3. The minimum absolute atomic E-state index is 0.0238. The molecule has 0 atom stereocenters. The van der Waals surface area contributed by atoms with Crippen molar-refractivity contribution in [1.82, 2.24) is 4.90 Å². The minimum Gasteiger partial charge on any atom is -0.493 e. The zero-order chi connectivity index (χ0) is 17.2. The molecule has 1 aromatic rings. The largest absolute Gasteiger partial charge is 0.493 e. The molecule has 1 aliphatic rings. The summed E-state index contributed by atoms with van der Waals surface area (Å²) in [4.78, 5) is 13.9. The van der Waals surface area contributed by atoms with Crippen LogP contribution in [0.25, 0.3) is 0 Å². The highest BCUT2D eigenvalue weighted by Gasteiger charge is 2.36. The Hall–Kier alpha value is -1.56. The molecule has 4 nitrogen and oxygen atoms in total. The van der Waals surface area contributed by atoms with Crippen LogP contribution in [0.4, 0.5) is 8.78 Å². The van der Waals surface area contributed by atoms with Crippen molar-refractivity contribution in [2.24, 2.45) is 0 Å². The van der Waals surface area contributed by atoms with E-state index in [-0.39, 0.29) is 43.0 Å². The van der Waals surface area contributed by atoms with Gasteiger partial charge < -0.3 is 14.4 Å². The maximum atomic E-state index is 13.2. The van der Waals surface area contributed by atoms with Crippen LogP contribution in [0.2, 0.25) is 5.02 Å². The van der Waals surface area contributed by atoms with E-state index in [9.17, 15) is 13.6 Å². The summed E-state index contributed by atoms with van der Waals surface area (Å²) in [6, 6.07) is 3.01. The van der Waals surface area contributed by atoms with Gasteiger partial charge in [-0.1, -0.05) is 11.6 Å². The van der Waals surface area contributed by atoms with E-state index < -0.39 is 5.92 Å². The third-order valence-corrected chi connectivity index (χ3v) is 3.89. The minimum atomic E-state index is -2.69. The molecule has 1 aromatic carbocycles. The molecular formula is C16H20ClF2NO3. The van der Waals surface area contributed by atoms with Gasteiger partial charge in [0.15, 0.2) is 11.5 Å². The second-order valence-corrected chi connectivity index (χ2v) is 6.21. The molecule has 2 rings (SSSR count). The zero-order valence-corrected chi connectivity index (χ0v) is 14.1. The van der Waals surface area contributed by atoms with E-state index in [0.717, 1.165) is 0 Å². The Balaban J connectivity index is 2.23. The topological polar surface area (TPSA) is 38.8 Å². The number of hydrogen-bond acceptors (Lipinski definition) is 3. The number of methoxy groups -OCH3 is 1. The smallest absolute Gasteiger partial charge is 0.254 e. The van der Waals surface area contributed by atoms with Crippen molar-refractivity contribution in [2.45, 2.75) is 38.7 Å². The standard InChI is InChI=1S/C16H20ClF2NO3/c1-10(2)23-14-12(17)8-11(9-13(14)22-3)15(21)20-6-4-16(18,19)5-7-20/h8-10H,4-7H2,1-3H3. The molecule has 1 heterocycles. The molecule has 0 saturated carbocycles. The lowest BCUT2D eigenvalue weighted by Crippen LogP contribution is -2.42. The van der Waals surface area contributed by atoms with Gasteiger partial charge in [0, 0.05) is 31.5 Å². The number of likely N-dealkylation sites (tertiary alicyclic amines) is 1. The third-order valence-electron chi connectivity index (χ3n) is 3.61. The van der Waals surface area contributed by atoms with Crippen LogP contribution in [0, 0.1) is 0 Å². The first-order valence-corrected chi connectivity index (χ1v) is 7.82. The molecule has 1 fully saturated rings. The Morgan fingerprint density at radius 3 is 2.43 bits per heavy atom. The van der Waals surface area contributed by atoms with Gasteiger partial charge in [-0.15, -0.1) is 0 Å². The first-order chi connectivity index (χ1) is 10.7. The number of ether oxygens (including phenoxy) is 2. The van der Waals surface area contributed by atoms with Crippen molar-refractivity contribution in [1.29, 1.82) is 0 Å². The van der Waals surface area contributed by atoms with Crippen LogP contribution in [-0.4, -0.2) is 43.0 Å². The highest BCUT2D eigenvalue weighted by molar-refractivity contribution is 6.32. The Morgan fingerprint density at radius 1 is 1.30 bits per heavy atom. The molecule has 1 amide bonds. The van der Waals surface area contributed by atoms with Crippen molar-refractivity contribution >= 4 is 17.5 Å². The van der Waals surface area contributed by atoms with Gasteiger partial charge in [0.05, 0.1) is 18.2 Å². The van der Waals surface area contributed by atoms with E-state index in [4.69, 9.17) is 21.1 Å². The normalized spacial score (nSPS) is 17.3. The maximum Gasteiger partial charge on any atom is 0.254 e. The molecule has 0 N–H and O–H groups in total. The fraction of sp³-hybridized carbons (Fsp3) is 0.562. The molecule has 0 radical (unpaired) electrons. The summed E-state index contributed by atoms with van der Waals surface area (Å²) in [5, 5.41) is 0.253. The highest BCUT2D eigenvalue weighted by Crippen LogP contribution is 2.38. The summed E-state index contributed by atoms with van der Waals surface area (Å²) < 4.78 is 37.2. The van der Waals surface area contributed by atoms with Gasteiger partial charge in [-0.2, -0.15) is 0 Å². The second kappa shape index (κ2) is 6.91. The van der Waals surface area contributed by atoms with Crippen molar-refractivity contribution in [2.75, 3.05) is 20.2 Å². The Bertz CT molecular complexity index is 583. The number of alkyl halides is 2. The summed E-state index contributed by atoms with van der Waals surface area (Å²) in [6.07, 6.45) is -0.747. The summed E-state index contributed by atoms with van der Waals surface area (Å²) in [7, 11) is 1.45. The van der Waals surface area contributed by atoms with Gasteiger partial charge >= 0.3 is 0 Å². The van der Waals surface area contributed by atoms with Crippen LogP contribution in [0.1, 0.15) is 37.0 Å². The first kappa shape index (κ1) is 17.8. The van der Waals surface area contributed by atoms with Gasteiger partial charge in [-0.3, -0.25) is 4.79 Å². The third kappa shape index (κ3) is 4.25. The van der Waals surface area contributed by atoms with Crippen LogP contribution in [0.5, 0.6) is 11.5 Å². The van der Waals surface area contributed by atoms with E-state index in [1.807, 2.05) is 13.8 Å². The monoisotopic (exact) mass is 347 g/mol. The average Bonchev–Trinajstić information content (AvgIpc) is 2.48. The van der Waals surface area contributed by atoms with E-state index in [2.05, 4.69) is 0 Å². The molecule has 0 aromatic heterocycles. The summed E-state index contributed by atoms with van der Waals surface area (Å²) in [6.45, 7) is 3.75. The predicted molar refractivity (Wildman–Crippen MR) is 83.9 cm³/mol. The maximum absolute atomic E-state index is 13.2. The van der Waals surface area contributed by atoms with Gasteiger partial charge in [0.1, 0.15) is 0 Å². The Labute approximate surface area is 139 Å². The molecule has 7 heteroatoms. The molecule has 0 aliphatic carbocycles. The SMILES string of the molecule is COc1cc(C(=O)N2CCC(F)(F)CC2)cc(Cl)c1OC(C)C. The lowest BCUT2D eigenvalue weighted by Gasteiger charge is -2.32. The Kier molecular flexibility index (Phi) is 5.34. The van der Waals surface area contributed by atoms with Crippen LogP contribution in [0.15, 0.2) is 12.1 Å². The van der Waals surface area contributed by atoms with Crippen molar-refractivity contribution in [3.05, 3.63) is 22.7 Å². The molecular weight excluding hydrogens is 328 g/mol. The number of piperidine rings is 1. The molecule has 0 spiro atoms. The van der Waals surface area contributed by atoms with Crippen molar-refractivity contribution < 1.29 is 23.0 Å². The van der Waals surface area contributed by atoms with E-state index in [0.29, 0.717) is 17.1 Å². The Morgan fingerprint density at radius 2 is 1.91 bits per heavy atom. The molecule has 0 unspecified atom stereocenters. The van der Waals surface area contributed by atoms with Crippen LogP contribution >= 0.6 is 11.6 Å². The van der Waals surface area contributed by atoms with Gasteiger partial charge in [-0.25, -0.2) is 8.78 Å². The lowest BCUT2D eigenvalue weighted by atomic mass is 10.1. The molecule has 23 heavy (non-hydrogen) atoms. The number of rotatable bonds is 4. The number of amides is 1. The van der Waals surface area contributed by atoms with E-state index in [1.54, 1.807) is 0 Å². The number of carbonyl (C=O) groups is 1. The number of nitrogens with zero attached hydrogens (tertiary/aromatic N) is 1. The fourth-order valence-electron chi connectivity index (χ4n) is 2.41. The summed E-state index contributed by atoms with van der Waals surface area (Å²) in [5.74, 6) is -2.32. The second-order valence-electron chi connectivity index (χ2n) is 5.80. The van der Waals surface area contributed by atoms with Gasteiger partial charge in [0.25, 0.3) is 11.8 Å². The fourth-order valence-corrected chi connectivity index (χ4v) is 2.67. The van der Waals surface area contributed by atoms with Crippen LogP contribution in [0.3, 0.4) is 0 Å². The zero-order valence-electron chi connectivity index (χ0n) is 13.4. The molecule has 1 aliphatic heterocycles. The lowest BCUT2D eigenvalue weighted by molar-refractivity contribution is -0.0494. The molecule has 1 saturated heterocycles. The summed E-state index contributed by atoms with van der Waals surface area (Å²) in [5.41, 5.74) is 0.299. The highest BCUT2D eigenvalue weighted by atomic mass is 35.5. The first-order valence-electron chi connectivity index (χ1n) is 7.45. The van der Waals surface area contributed by atoms with Crippen LogP contribution in [-0.2, 0) is 0 Å². The van der Waals surface area contributed by atoms with Gasteiger partial charge in [-0.05, 0) is 26.0 Å².